The summed E-state index contributed by atoms with van der Waals surface area (Å²) in [7, 11) is 0. The van der Waals surface area contributed by atoms with Gasteiger partial charge in [0.1, 0.15) is 0 Å². The van der Waals surface area contributed by atoms with Gasteiger partial charge in [0.15, 0.2) is 0 Å². The maximum atomic E-state index is 12.1. The lowest BCUT2D eigenvalue weighted by Gasteiger charge is -2.21. The van der Waals surface area contributed by atoms with Gasteiger partial charge in [-0.25, -0.2) is 0 Å². The first-order valence-corrected chi connectivity index (χ1v) is 7.34. The van der Waals surface area contributed by atoms with E-state index in [0.29, 0.717) is 28.7 Å². The molecule has 1 aromatic rings. The second-order valence-electron chi connectivity index (χ2n) is 5.93. The summed E-state index contributed by atoms with van der Waals surface area (Å²) in [6, 6.07) is 5.15. The number of hydrogen-bond donors (Lipinski definition) is 2. The molecule has 2 aliphatic rings. The van der Waals surface area contributed by atoms with Gasteiger partial charge in [0.05, 0.1) is 10.7 Å². The molecule has 19 heavy (non-hydrogen) atoms. The first-order chi connectivity index (χ1) is 9.11. The van der Waals surface area contributed by atoms with Crippen molar-refractivity contribution in [3.8, 4) is 0 Å². The molecule has 2 bridgehead atoms. The van der Waals surface area contributed by atoms with E-state index in [-0.39, 0.29) is 5.91 Å². The van der Waals surface area contributed by atoms with Crippen LogP contribution >= 0.6 is 11.6 Å². The zero-order chi connectivity index (χ0) is 13.4. The van der Waals surface area contributed by atoms with E-state index in [1.165, 1.54) is 25.7 Å². The number of halogens is 1. The Morgan fingerprint density at radius 2 is 2.21 bits per heavy atom. The van der Waals surface area contributed by atoms with E-state index in [1.807, 2.05) is 0 Å². The number of benzene rings is 1. The molecular weight excluding hydrogens is 260 g/mol. The van der Waals surface area contributed by atoms with E-state index < -0.39 is 0 Å². The highest BCUT2D eigenvalue weighted by Gasteiger charge is 2.40. The van der Waals surface area contributed by atoms with E-state index in [2.05, 4.69) is 5.32 Å². The Morgan fingerprint density at radius 1 is 1.37 bits per heavy atom. The van der Waals surface area contributed by atoms with Gasteiger partial charge < -0.3 is 11.1 Å². The summed E-state index contributed by atoms with van der Waals surface area (Å²) in [6.07, 6.45) is 5.84. The van der Waals surface area contributed by atoms with Crippen molar-refractivity contribution in [1.29, 1.82) is 0 Å². The molecule has 3 atom stereocenters. The standard InChI is InChI=1S/C15H19ClN2O/c16-13-4-3-12(17)8-14(13)18-15(19)7-11-6-9-1-2-10(11)5-9/h3-4,8-11H,1-2,5-7,17H2,(H,18,19). The lowest BCUT2D eigenvalue weighted by molar-refractivity contribution is -0.117. The topological polar surface area (TPSA) is 55.1 Å². The fraction of sp³-hybridized carbons (Fsp3) is 0.533. The summed E-state index contributed by atoms with van der Waals surface area (Å²) in [5.74, 6) is 2.27. The van der Waals surface area contributed by atoms with Crippen molar-refractivity contribution in [1.82, 2.24) is 0 Å². The largest absolute Gasteiger partial charge is 0.399 e. The van der Waals surface area contributed by atoms with Gasteiger partial charge in [-0.3, -0.25) is 4.79 Å². The van der Waals surface area contributed by atoms with Crippen molar-refractivity contribution >= 4 is 28.9 Å². The van der Waals surface area contributed by atoms with Gasteiger partial charge in [0.2, 0.25) is 5.91 Å². The third-order valence-electron chi connectivity index (χ3n) is 4.60. The van der Waals surface area contributed by atoms with Crippen LogP contribution in [0, 0.1) is 17.8 Å². The number of fused-ring (bicyclic) bond motifs is 2. The predicted octanol–water partition coefficient (Wildman–Crippen LogP) is 3.69. The van der Waals surface area contributed by atoms with Crippen LogP contribution in [-0.2, 0) is 4.79 Å². The predicted molar refractivity (Wildman–Crippen MR) is 78.0 cm³/mol. The van der Waals surface area contributed by atoms with Gasteiger partial charge in [0.25, 0.3) is 0 Å². The van der Waals surface area contributed by atoms with Crippen LogP contribution < -0.4 is 11.1 Å². The average Bonchev–Trinajstić information content (AvgIpc) is 2.96. The van der Waals surface area contributed by atoms with E-state index in [1.54, 1.807) is 18.2 Å². The van der Waals surface area contributed by atoms with Gasteiger partial charge in [0, 0.05) is 12.1 Å². The summed E-state index contributed by atoms with van der Waals surface area (Å²) in [4.78, 5) is 12.1. The number of hydrogen-bond acceptors (Lipinski definition) is 2. The van der Waals surface area contributed by atoms with E-state index in [9.17, 15) is 4.79 Å². The molecule has 3 N–H and O–H groups in total. The van der Waals surface area contributed by atoms with Crippen LogP contribution in [-0.4, -0.2) is 5.91 Å². The molecule has 3 rings (SSSR count). The molecule has 0 aliphatic heterocycles. The molecule has 102 valence electrons. The number of amides is 1. The third kappa shape index (κ3) is 2.71. The summed E-state index contributed by atoms with van der Waals surface area (Å²) < 4.78 is 0. The minimum atomic E-state index is 0.0602. The zero-order valence-electron chi connectivity index (χ0n) is 10.9. The van der Waals surface area contributed by atoms with Crippen LogP contribution in [0.5, 0.6) is 0 Å². The number of nitrogens with one attached hydrogen (secondary N) is 1. The van der Waals surface area contributed by atoms with Crippen molar-refractivity contribution in [3.05, 3.63) is 23.2 Å². The molecule has 0 heterocycles. The van der Waals surface area contributed by atoms with Crippen LogP contribution in [0.3, 0.4) is 0 Å². The number of carbonyl (C=O) groups is 1. The highest BCUT2D eigenvalue weighted by atomic mass is 35.5. The van der Waals surface area contributed by atoms with Crippen LogP contribution in [0.15, 0.2) is 18.2 Å². The molecule has 2 fully saturated rings. The van der Waals surface area contributed by atoms with Crippen LogP contribution in [0.2, 0.25) is 5.02 Å². The Kier molecular flexibility index (Phi) is 3.40. The highest BCUT2D eigenvalue weighted by Crippen LogP contribution is 2.49. The number of anilines is 2. The fourth-order valence-corrected chi connectivity index (χ4v) is 3.87. The Morgan fingerprint density at radius 3 is 2.89 bits per heavy atom. The molecule has 4 heteroatoms. The fourth-order valence-electron chi connectivity index (χ4n) is 3.70. The Hall–Kier alpha value is -1.22. The molecule has 3 unspecified atom stereocenters. The minimum absolute atomic E-state index is 0.0602. The van der Waals surface area contributed by atoms with Gasteiger partial charge in [-0.05, 0) is 55.2 Å². The highest BCUT2D eigenvalue weighted by molar-refractivity contribution is 6.33. The quantitative estimate of drug-likeness (QED) is 0.829. The summed E-state index contributed by atoms with van der Waals surface area (Å²) >= 11 is 6.05. The van der Waals surface area contributed by atoms with Crippen molar-refractivity contribution < 1.29 is 4.79 Å². The van der Waals surface area contributed by atoms with Gasteiger partial charge >= 0.3 is 0 Å². The van der Waals surface area contributed by atoms with Crippen LogP contribution in [0.4, 0.5) is 11.4 Å². The first kappa shape index (κ1) is 12.8. The summed E-state index contributed by atoms with van der Waals surface area (Å²) in [6.45, 7) is 0. The average molecular weight is 279 g/mol. The van der Waals surface area contributed by atoms with Crippen molar-refractivity contribution in [2.45, 2.75) is 32.1 Å². The first-order valence-electron chi connectivity index (χ1n) is 6.96. The number of nitrogen functional groups attached to an aromatic ring is 1. The van der Waals surface area contributed by atoms with Crippen molar-refractivity contribution in [3.63, 3.8) is 0 Å². The number of rotatable bonds is 3. The minimum Gasteiger partial charge on any atom is -0.399 e. The van der Waals surface area contributed by atoms with Crippen molar-refractivity contribution in [2.75, 3.05) is 11.1 Å². The summed E-state index contributed by atoms with van der Waals surface area (Å²) in [5.41, 5.74) is 6.94. The molecular formula is C15H19ClN2O. The Balaban J connectivity index is 1.61. The van der Waals surface area contributed by atoms with E-state index >= 15 is 0 Å². The second kappa shape index (κ2) is 5.04. The number of nitrogens with two attached hydrogens (primary N) is 1. The van der Waals surface area contributed by atoms with Crippen LogP contribution in [0.25, 0.3) is 0 Å². The summed E-state index contributed by atoms with van der Waals surface area (Å²) in [5, 5.41) is 3.42. The third-order valence-corrected chi connectivity index (χ3v) is 4.93. The lowest BCUT2D eigenvalue weighted by atomic mass is 9.86. The Bertz CT molecular complexity index is 503. The molecule has 1 amide bonds. The van der Waals surface area contributed by atoms with Gasteiger partial charge in [-0.2, -0.15) is 0 Å². The van der Waals surface area contributed by atoms with Gasteiger partial charge in [-0.15, -0.1) is 0 Å². The van der Waals surface area contributed by atoms with Crippen LogP contribution in [0.1, 0.15) is 32.1 Å². The zero-order valence-corrected chi connectivity index (χ0v) is 11.6. The SMILES string of the molecule is Nc1ccc(Cl)c(NC(=O)CC2CC3CCC2C3)c1. The molecule has 0 saturated heterocycles. The van der Waals surface area contributed by atoms with Crippen molar-refractivity contribution in [2.24, 2.45) is 17.8 Å². The molecule has 0 aromatic heterocycles. The number of carbonyl (C=O) groups excluding carboxylic acids is 1. The molecule has 3 nitrogen and oxygen atoms in total. The van der Waals surface area contributed by atoms with E-state index in [4.69, 9.17) is 17.3 Å². The maximum Gasteiger partial charge on any atom is 0.224 e. The molecule has 0 spiro atoms. The monoisotopic (exact) mass is 278 g/mol. The molecule has 0 radical (unpaired) electrons. The smallest absolute Gasteiger partial charge is 0.224 e. The molecule has 2 saturated carbocycles. The Labute approximate surface area is 118 Å². The van der Waals surface area contributed by atoms with Gasteiger partial charge in [-0.1, -0.05) is 18.0 Å². The molecule has 2 aliphatic carbocycles. The molecule has 1 aromatic carbocycles. The maximum absolute atomic E-state index is 12.1. The second-order valence-corrected chi connectivity index (χ2v) is 6.33. The normalized spacial score (nSPS) is 28.6. The van der Waals surface area contributed by atoms with E-state index in [0.717, 1.165) is 11.8 Å². The lowest BCUT2D eigenvalue weighted by Crippen LogP contribution is -2.20.